The maximum Gasteiger partial charge on any atom is 0.243 e. The zero-order valence-corrected chi connectivity index (χ0v) is 15.4. The minimum atomic E-state index is -0.342. The Morgan fingerprint density at radius 2 is 2.21 bits per heavy atom. The number of anilines is 1. The summed E-state index contributed by atoms with van der Waals surface area (Å²) in [5, 5.41) is 3.04. The summed E-state index contributed by atoms with van der Waals surface area (Å²) < 4.78 is 0. The van der Waals surface area contributed by atoms with Crippen molar-refractivity contribution in [2.45, 2.75) is 44.1 Å². The van der Waals surface area contributed by atoms with Gasteiger partial charge in [-0.2, -0.15) is 0 Å². The Labute approximate surface area is 147 Å². The van der Waals surface area contributed by atoms with Gasteiger partial charge < -0.3 is 15.1 Å². The Balaban J connectivity index is 1.68. The third-order valence-electron chi connectivity index (χ3n) is 5.08. The number of benzene rings is 1. The van der Waals surface area contributed by atoms with Gasteiger partial charge in [-0.1, -0.05) is 18.2 Å². The van der Waals surface area contributed by atoms with Gasteiger partial charge in [-0.15, -0.1) is 11.8 Å². The Bertz CT molecular complexity index is 651. The first kappa shape index (κ1) is 17.1. The Morgan fingerprint density at radius 3 is 2.96 bits per heavy atom. The van der Waals surface area contributed by atoms with Crippen LogP contribution in [-0.4, -0.2) is 47.0 Å². The fourth-order valence-corrected chi connectivity index (χ4v) is 4.95. The zero-order chi connectivity index (χ0) is 17.3. The second-order valence-corrected chi connectivity index (χ2v) is 8.13. The maximum atomic E-state index is 12.7. The van der Waals surface area contributed by atoms with Gasteiger partial charge in [-0.05, 0) is 31.9 Å². The summed E-state index contributed by atoms with van der Waals surface area (Å²) in [6.45, 7) is 5.57. The molecule has 2 heterocycles. The zero-order valence-electron chi connectivity index (χ0n) is 14.5. The summed E-state index contributed by atoms with van der Waals surface area (Å²) in [6.07, 6.45) is 1.39. The van der Waals surface area contributed by atoms with Crippen LogP contribution in [0.25, 0.3) is 0 Å². The number of hydrogen-bond donors (Lipinski definition) is 1. The molecule has 130 valence electrons. The summed E-state index contributed by atoms with van der Waals surface area (Å²) in [7, 11) is 2.04. The first-order valence-electron chi connectivity index (χ1n) is 8.49. The van der Waals surface area contributed by atoms with E-state index in [0.29, 0.717) is 18.7 Å². The van der Waals surface area contributed by atoms with E-state index in [0.717, 1.165) is 24.2 Å². The van der Waals surface area contributed by atoms with Crippen molar-refractivity contribution < 1.29 is 9.59 Å². The molecule has 2 aliphatic rings. The molecular formula is C18H25N3O2S. The van der Waals surface area contributed by atoms with E-state index in [2.05, 4.69) is 30.1 Å². The molecule has 6 heteroatoms. The topological polar surface area (TPSA) is 52.7 Å². The van der Waals surface area contributed by atoms with Crippen LogP contribution in [0.1, 0.15) is 32.3 Å². The molecule has 2 fully saturated rings. The highest BCUT2D eigenvalue weighted by atomic mass is 32.2. The van der Waals surface area contributed by atoms with Crippen molar-refractivity contribution in [2.75, 3.05) is 24.2 Å². The standard InChI is InChI=1S/C18H25N3O2S/c1-4-20(3)14-8-6-5-7-13(14)11-19-17(23)15-12-24-18(2)10-9-16(22)21(15)18/h5-8,15H,4,9-12H2,1-3H3,(H,19,23)/t15-,18+/m1/s1. The monoisotopic (exact) mass is 347 g/mol. The average molecular weight is 347 g/mol. The van der Waals surface area contributed by atoms with Gasteiger partial charge in [0.1, 0.15) is 6.04 Å². The number of thioether (sulfide) groups is 1. The number of hydrogen-bond acceptors (Lipinski definition) is 4. The van der Waals surface area contributed by atoms with Gasteiger partial charge in [0.05, 0.1) is 4.87 Å². The van der Waals surface area contributed by atoms with Crippen molar-refractivity contribution in [3.63, 3.8) is 0 Å². The predicted octanol–water partition coefficient (Wildman–Crippen LogP) is 2.21. The van der Waals surface area contributed by atoms with E-state index in [9.17, 15) is 9.59 Å². The minimum absolute atomic E-state index is 0.0459. The van der Waals surface area contributed by atoms with E-state index >= 15 is 0 Å². The molecule has 1 aromatic rings. The molecule has 0 aliphatic carbocycles. The van der Waals surface area contributed by atoms with E-state index in [1.807, 2.05) is 25.2 Å². The van der Waals surface area contributed by atoms with Crippen LogP contribution in [0.15, 0.2) is 24.3 Å². The number of para-hydroxylation sites is 1. The van der Waals surface area contributed by atoms with Gasteiger partial charge in [0.25, 0.3) is 0 Å². The van der Waals surface area contributed by atoms with Crippen LogP contribution < -0.4 is 10.2 Å². The second kappa shape index (κ2) is 6.67. The molecule has 0 saturated carbocycles. The van der Waals surface area contributed by atoms with Gasteiger partial charge in [-0.3, -0.25) is 9.59 Å². The lowest BCUT2D eigenvalue weighted by atomic mass is 10.1. The van der Waals surface area contributed by atoms with Gasteiger partial charge in [0, 0.05) is 38.0 Å². The molecule has 2 atom stereocenters. The third kappa shape index (κ3) is 2.99. The fourth-order valence-electron chi connectivity index (χ4n) is 3.52. The molecule has 1 aromatic carbocycles. The van der Waals surface area contributed by atoms with Crippen LogP contribution in [0.2, 0.25) is 0 Å². The molecule has 0 bridgehead atoms. The van der Waals surface area contributed by atoms with Gasteiger partial charge in [-0.25, -0.2) is 0 Å². The maximum absolute atomic E-state index is 12.7. The van der Waals surface area contributed by atoms with Gasteiger partial charge >= 0.3 is 0 Å². The quantitative estimate of drug-likeness (QED) is 0.887. The van der Waals surface area contributed by atoms with Crippen LogP contribution >= 0.6 is 11.8 Å². The fraction of sp³-hybridized carbons (Fsp3) is 0.556. The summed E-state index contributed by atoms with van der Waals surface area (Å²) in [5.74, 6) is 0.745. The Hall–Kier alpha value is -1.69. The highest BCUT2D eigenvalue weighted by molar-refractivity contribution is 8.01. The van der Waals surface area contributed by atoms with Crippen molar-refractivity contribution in [1.82, 2.24) is 10.2 Å². The normalized spacial score (nSPS) is 25.7. The largest absolute Gasteiger partial charge is 0.375 e. The van der Waals surface area contributed by atoms with E-state index in [4.69, 9.17) is 0 Å². The van der Waals surface area contributed by atoms with E-state index in [1.165, 1.54) is 0 Å². The second-order valence-electron chi connectivity index (χ2n) is 6.63. The highest BCUT2D eigenvalue weighted by Gasteiger charge is 2.52. The van der Waals surface area contributed by atoms with Gasteiger partial charge in [0.15, 0.2) is 0 Å². The number of nitrogens with zero attached hydrogens (tertiary/aromatic N) is 2. The lowest BCUT2D eigenvalue weighted by Gasteiger charge is -2.30. The van der Waals surface area contributed by atoms with Crippen LogP contribution in [0.3, 0.4) is 0 Å². The molecule has 0 unspecified atom stereocenters. The summed E-state index contributed by atoms with van der Waals surface area (Å²) >= 11 is 1.72. The SMILES string of the molecule is CCN(C)c1ccccc1CNC(=O)[C@H]1CS[C@@]2(C)CCC(=O)N12. The number of carbonyl (C=O) groups is 2. The van der Waals surface area contributed by atoms with Crippen LogP contribution in [0.4, 0.5) is 5.69 Å². The van der Waals surface area contributed by atoms with Crippen LogP contribution in [0, 0.1) is 0 Å². The molecule has 24 heavy (non-hydrogen) atoms. The van der Waals surface area contributed by atoms with Crippen LogP contribution in [-0.2, 0) is 16.1 Å². The molecule has 3 rings (SSSR count). The van der Waals surface area contributed by atoms with E-state index in [1.54, 1.807) is 16.7 Å². The molecule has 1 N–H and O–H groups in total. The number of fused-ring (bicyclic) bond motifs is 1. The smallest absolute Gasteiger partial charge is 0.243 e. The first-order valence-corrected chi connectivity index (χ1v) is 9.47. The van der Waals surface area contributed by atoms with Crippen molar-refractivity contribution in [1.29, 1.82) is 0 Å². The summed E-state index contributed by atoms with van der Waals surface area (Å²) in [6, 6.07) is 7.76. The number of carbonyl (C=O) groups excluding carboxylic acids is 2. The Morgan fingerprint density at radius 1 is 1.46 bits per heavy atom. The van der Waals surface area contributed by atoms with Crippen molar-refractivity contribution in [2.24, 2.45) is 0 Å². The lowest BCUT2D eigenvalue weighted by molar-refractivity contribution is -0.138. The summed E-state index contributed by atoms with van der Waals surface area (Å²) in [4.78, 5) is 28.6. The Kier molecular flexibility index (Phi) is 4.76. The predicted molar refractivity (Wildman–Crippen MR) is 98.0 cm³/mol. The summed E-state index contributed by atoms with van der Waals surface area (Å²) in [5.41, 5.74) is 2.22. The molecule has 0 aromatic heterocycles. The number of amides is 2. The third-order valence-corrected chi connectivity index (χ3v) is 6.58. The van der Waals surface area contributed by atoms with E-state index < -0.39 is 0 Å². The minimum Gasteiger partial charge on any atom is -0.375 e. The number of rotatable bonds is 5. The average Bonchev–Trinajstić information content (AvgIpc) is 3.08. The van der Waals surface area contributed by atoms with Crippen molar-refractivity contribution >= 4 is 29.3 Å². The molecule has 2 saturated heterocycles. The lowest BCUT2D eigenvalue weighted by Crippen LogP contribution is -2.49. The van der Waals surface area contributed by atoms with Crippen molar-refractivity contribution in [3.05, 3.63) is 29.8 Å². The molecule has 0 radical (unpaired) electrons. The number of nitrogens with one attached hydrogen (secondary N) is 1. The molecule has 5 nitrogen and oxygen atoms in total. The molecule has 2 aliphatic heterocycles. The van der Waals surface area contributed by atoms with Crippen LogP contribution in [0.5, 0.6) is 0 Å². The van der Waals surface area contributed by atoms with E-state index in [-0.39, 0.29) is 22.7 Å². The molecule has 0 spiro atoms. The molecule has 2 amide bonds. The molecular weight excluding hydrogens is 322 g/mol. The van der Waals surface area contributed by atoms with Crippen molar-refractivity contribution in [3.8, 4) is 0 Å². The van der Waals surface area contributed by atoms with Gasteiger partial charge in [0.2, 0.25) is 11.8 Å². The highest BCUT2D eigenvalue weighted by Crippen LogP contribution is 2.47. The first-order chi connectivity index (χ1) is 11.5.